The molecule has 1 aliphatic heterocycles. The second kappa shape index (κ2) is 6.67. The second-order valence-electron chi connectivity index (χ2n) is 7.20. The van der Waals surface area contributed by atoms with Crippen LogP contribution in [-0.4, -0.2) is 28.9 Å². The molecule has 0 saturated heterocycles. The van der Waals surface area contributed by atoms with Crippen molar-refractivity contribution in [2.24, 2.45) is 5.92 Å². The lowest BCUT2D eigenvalue weighted by molar-refractivity contribution is 0.393. The molecule has 1 aliphatic rings. The van der Waals surface area contributed by atoms with Crippen LogP contribution >= 0.6 is 0 Å². The summed E-state index contributed by atoms with van der Waals surface area (Å²) in [5.41, 5.74) is 3.17. The highest BCUT2D eigenvalue weighted by Gasteiger charge is 2.25. The average molecular weight is 347 g/mol. The van der Waals surface area contributed by atoms with E-state index in [1.54, 1.807) is 6.33 Å². The first-order valence-electron chi connectivity index (χ1n) is 8.50. The summed E-state index contributed by atoms with van der Waals surface area (Å²) in [7, 11) is -3.14. The van der Waals surface area contributed by atoms with Crippen molar-refractivity contribution >= 4 is 9.84 Å². The fourth-order valence-corrected chi connectivity index (χ4v) is 5.22. The van der Waals surface area contributed by atoms with E-state index in [0.29, 0.717) is 12.5 Å². The first-order valence-corrected chi connectivity index (χ1v) is 10.3. The van der Waals surface area contributed by atoms with Crippen LogP contribution in [0.2, 0.25) is 0 Å². The van der Waals surface area contributed by atoms with Gasteiger partial charge in [-0.25, -0.2) is 8.42 Å². The predicted molar refractivity (Wildman–Crippen MR) is 94.6 cm³/mol. The topological polar surface area (TPSA) is 64.8 Å². The van der Waals surface area contributed by atoms with Gasteiger partial charge < -0.3 is 4.57 Å². The van der Waals surface area contributed by atoms with E-state index in [4.69, 9.17) is 0 Å². The average Bonchev–Trinajstić information content (AvgIpc) is 2.96. The van der Waals surface area contributed by atoms with Crippen molar-refractivity contribution in [1.82, 2.24) is 14.8 Å². The maximum absolute atomic E-state index is 12.7. The number of hydrogen-bond donors (Lipinski definition) is 0. The van der Waals surface area contributed by atoms with Gasteiger partial charge in [-0.2, -0.15) is 0 Å². The highest BCUT2D eigenvalue weighted by Crippen LogP contribution is 2.24. The highest BCUT2D eigenvalue weighted by molar-refractivity contribution is 7.90. The molecule has 130 valence electrons. The lowest BCUT2D eigenvalue weighted by Crippen LogP contribution is -2.27. The van der Waals surface area contributed by atoms with E-state index >= 15 is 0 Å². The summed E-state index contributed by atoms with van der Waals surface area (Å²) < 4.78 is 27.4. The number of aryl methyl sites for hydroxylation is 2. The zero-order valence-electron chi connectivity index (χ0n) is 14.6. The zero-order chi connectivity index (χ0) is 17.3. The third-order valence-electron chi connectivity index (χ3n) is 4.83. The van der Waals surface area contributed by atoms with E-state index in [1.807, 2.05) is 17.6 Å². The van der Waals surface area contributed by atoms with Gasteiger partial charge in [-0.15, -0.1) is 10.2 Å². The van der Waals surface area contributed by atoms with Crippen molar-refractivity contribution in [2.75, 3.05) is 5.75 Å². The fourth-order valence-electron chi connectivity index (χ4n) is 3.32. The van der Waals surface area contributed by atoms with E-state index in [9.17, 15) is 8.42 Å². The normalized spacial score (nSPS) is 17.9. The van der Waals surface area contributed by atoms with Gasteiger partial charge in [0.05, 0.1) is 11.5 Å². The van der Waals surface area contributed by atoms with Gasteiger partial charge in [0.15, 0.2) is 9.84 Å². The summed E-state index contributed by atoms with van der Waals surface area (Å²) in [5, 5.41) is 7.96. The summed E-state index contributed by atoms with van der Waals surface area (Å²) in [6.07, 6.45) is 3.37. The van der Waals surface area contributed by atoms with Crippen LogP contribution in [0.25, 0.3) is 0 Å². The fraction of sp³-hybridized carbons (Fsp3) is 0.556. The van der Waals surface area contributed by atoms with Gasteiger partial charge in [0.2, 0.25) is 0 Å². The summed E-state index contributed by atoms with van der Waals surface area (Å²) in [5.74, 6) is 1.87. The lowest BCUT2D eigenvalue weighted by Gasteiger charge is -2.23. The van der Waals surface area contributed by atoms with E-state index in [0.717, 1.165) is 29.8 Å². The lowest BCUT2D eigenvalue weighted by atomic mass is 9.99. The molecule has 1 aromatic carbocycles. The van der Waals surface area contributed by atoms with Gasteiger partial charge in [-0.05, 0) is 41.9 Å². The highest BCUT2D eigenvalue weighted by atomic mass is 32.2. The Balaban J connectivity index is 1.72. The van der Waals surface area contributed by atoms with E-state index in [-0.39, 0.29) is 17.4 Å². The monoisotopic (exact) mass is 347 g/mol. The van der Waals surface area contributed by atoms with Crippen molar-refractivity contribution < 1.29 is 8.42 Å². The van der Waals surface area contributed by atoms with Gasteiger partial charge in [0.25, 0.3) is 0 Å². The quantitative estimate of drug-likeness (QED) is 0.834. The molecule has 0 fully saturated rings. The van der Waals surface area contributed by atoms with Crippen molar-refractivity contribution in [3.63, 3.8) is 0 Å². The molecule has 0 N–H and O–H groups in total. The number of fused-ring (bicyclic) bond motifs is 1. The summed E-state index contributed by atoms with van der Waals surface area (Å²) in [6.45, 7) is 6.94. The molecule has 1 unspecified atom stereocenters. The van der Waals surface area contributed by atoms with Gasteiger partial charge in [0.1, 0.15) is 12.2 Å². The predicted octanol–water partition coefficient (Wildman–Crippen LogP) is 2.89. The van der Waals surface area contributed by atoms with Crippen LogP contribution in [0.5, 0.6) is 0 Å². The molecule has 6 heteroatoms. The second-order valence-corrected chi connectivity index (χ2v) is 9.31. The van der Waals surface area contributed by atoms with Crippen LogP contribution < -0.4 is 0 Å². The molecule has 0 spiro atoms. The van der Waals surface area contributed by atoms with Crippen molar-refractivity contribution in [3.05, 3.63) is 47.0 Å². The largest absolute Gasteiger partial charge is 0.317 e. The molecular weight excluding hydrogens is 322 g/mol. The maximum atomic E-state index is 12.7. The minimum absolute atomic E-state index is 0.130. The van der Waals surface area contributed by atoms with Gasteiger partial charge >= 0.3 is 0 Å². The molecular formula is C18H25N3O2S. The Hall–Kier alpha value is -1.69. The molecule has 0 saturated carbocycles. The Morgan fingerprint density at radius 2 is 2.12 bits per heavy atom. The number of nitrogens with zero attached hydrogens (tertiary/aromatic N) is 3. The molecule has 0 aliphatic carbocycles. The first-order chi connectivity index (χ1) is 11.3. The van der Waals surface area contributed by atoms with E-state index < -0.39 is 9.84 Å². The number of aromatic nitrogens is 3. The Kier molecular flexibility index (Phi) is 4.76. The van der Waals surface area contributed by atoms with Gasteiger partial charge in [0, 0.05) is 13.0 Å². The van der Waals surface area contributed by atoms with Gasteiger partial charge in [-0.1, -0.05) is 32.0 Å². The number of hydrogen-bond acceptors (Lipinski definition) is 4. The number of sulfone groups is 1. The molecule has 5 nitrogen and oxygen atoms in total. The summed E-state index contributed by atoms with van der Waals surface area (Å²) >= 11 is 0. The third kappa shape index (κ3) is 3.86. The van der Waals surface area contributed by atoms with Crippen LogP contribution in [0.1, 0.15) is 48.7 Å². The van der Waals surface area contributed by atoms with Crippen LogP contribution in [0.15, 0.2) is 24.5 Å². The molecule has 3 rings (SSSR count). The maximum Gasteiger partial charge on any atom is 0.154 e. The molecule has 1 atom stereocenters. The van der Waals surface area contributed by atoms with Gasteiger partial charge in [-0.3, -0.25) is 0 Å². The summed E-state index contributed by atoms with van der Waals surface area (Å²) in [4.78, 5) is 0. The van der Waals surface area contributed by atoms with Crippen LogP contribution in [-0.2, 0) is 28.6 Å². The van der Waals surface area contributed by atoms with E-state index in [1.165, 1.54) is 5.56 Å². The number of benzene rings is 1. The first kappa shape index (κ1) is 17.1. The molecule has 2 aromatic rings. The molecule has 1 aromatic heterocycles. The molecule has 2 heterocycles. The molecule has 24 heavy (non-hydrogen) atoms. The summed E-state index contributed by atoms with van der Waals surface area (Å²) in [6, 6.07) is 6.17. The van der Waals surface area contributed by atoms with Crippen LogP contribution in [0.3, 0.4) is 0 Å². The number of rotatable bonds is 5. The molecule has 0 radical (unpaired) electrons. The Morgan fingerprint density at radius 3 is 2.88 bits per heavy atom. The standard InChI is InChI=1S/C18H25N3O2S/c1-13(2)16-6-4-14(3)17(8-16)11-24(22,23)10-15-5-7-18-20-19-12-21(18)9-15/h4,6,8,12-13,15H,5,7,9-11H2,1-3H3. The third-order valence-corrected chi connectivity index (χ3v) is 6.56. The Morgan fingerprint density at radius 1 is 1.33 bits per heavy atom. The molecule has 0 bridgehead atoms. The van der Waals surface area contributed by atoms with E-state index in [2.05, 4.69) is 36.2 Å². The van der Waals surface area contributed by atoms with Crippen molar-refractivity contribution in [3.8, 4) is 0 Å². The van der Waals surface area contributed by atoms with Crippen molar-refractivity contribution in [1.29, 1.82) is 0 Å². The smallest absolute Gasteiger partial charge is 0.154 e. The molecule has 0 amide bonds. The van der Waals surface area contributed by atoms with Crippen LogP contribution in [0.4, 0.5) is 0 Å². The zero-order valence-corrected chi connectivity index (χ0v) is 15.4. The minimum atomic E-state index is -3.14. The van der Waals surface area contributed by atoms with Crippen LogP contribution in [0, 0.1) is 12.8 Å². The Bertz CT molecular complexity index is 825. The van der Waals surface area contributed by atoms with Crippen molar-refractivity contribution in [2.45, 2.75) is 51.8 Å². The SMILES string of the molecule is Cc1ccc(C(C)C)cc1CS(=O)(=O)CC1CCc2nncn2C1. The Labute approximate surface area is 144 Å². The minimum Gasteiger partial charge on any atom is -0.317 e.